The maximum atomic E-state index is 9.65. The zero-order chi connectivity index (χ0) is 18.3. The van der Waals surface area contributed by atoms with E-state index in [1.807, 2.05) is 32.7 Å². The molecule has 1 aliphatic carbocycles. The van der Waals surface area contributed by atoms with Crippen LogP contribution >= 0.6 is 0 Å². The topological polar surface area (TPSA) is 94.7 Å². The van der Waals surface area contributed by atoms with Crippen LogP contribution < -0.4 is 5.73 Å². The van der Waals surface area contributed by atoms with Gasteiger partial charge in [0.1, 0.15) is 17.4 Å². The summed E-state index contributed by atoms with van der Waals surface area (Å²) < 4.78 is 9.45. The van der Waals surface area contributed by atoms with Crippen LogP contribution in [0.25, 0.3) is 6.08 Å². The minimum absolute atomic E-state index is 0.180. The highest BCUT2D eigenvalue weighted by molar-refractivity contribution is 5.61. The number of nitriles is 1. The number of allylic oxidation sites excluding steroid dienone is 3. The van der Waals surface area contributed by atoms with Crippen LogP contribution in [-0.4, -0.2) is 19.6 Å². The zero-order valence-electron chi connectivity index (χ0n) is 14.8. The van der Waals surface area contributed by atoms with E-state index in [-0.39, 0.29) is 11.8 Å². The molecule has 0 saturated carbocycles. The summed E-state index contributed by atoms with van der Waals surface area (Å²) in [7, 11) is 3.76. The van der Waals surface area contributed by atoms with E-state index < -0.39 is 0 Å². The van der Waals surface area contributed by atoms with E-state index in [0.29, 0.717) is 5.57 Å². The molecule has 0 aromatic carbocycles. The van der Waals surface area contributed by atoms with Crippen molar-refractivity contribution >= 4 is 6.08 Å². The van der Waals surface area contributed by atoms with Crippen molar-refractivity contribution in [2.75, 3.05) is 0 Å². The number of ether oxygens (including phenoxy) is 1. The Bertz CT molecular complexity index is 997. The van der Waals surface area contributed by atoms with Gasteiger partial charge < -0.3 is 10.5 Å². The van der Waals surface area contributed by atoms with E-state index in [4.69, 9.17) is 10.5 Å². The summed E-state index contributed by atoms with van der Waals surface area (Å²) >= 11 is 0. The van der Waals surface area contributed by atoms with Crippen LogP contribution in [-0.2, 0) is 18.8 Å². The van der Waals surface area contributed by atoms with Gasteiger partial charge in [-0.05, 0) is 36.5 Å². The minimum atomic E-state index is -0.199. The summed E-state index contributed by atoms with van der Waals surface area (Å²) in [6.45, 7) is 0. The molecule has 1 aliphatic heterocycles. The molecule has 7 heteroatoms. The van der Waals surface area contributed by atoms with Gasteiger partial charge in [-0.2, -0.15) is 15.5 Å². The van der Waals surface area contributed by atoms with Crippen molar-refractivity contribution in [1.29, 1.82) is 5.26 Å². The van der Waals surface area contributed by atoms with E-state index in [9.17, 15) is 5.26 Å². The Morgan fingerprint density at radius 3 is 2.65 bits per heavy atom. The molecule has 0 saturated heterocycles. The monoisotopic (exact) mass is 348 g/mol. The number of nitrogens with zero attached hydrogens (tertiary/aromatic N) is 5. The third-order valence-corrected chi connectivity index (χ3v) is 4.83. The lowest BCUT2D eigenvalue weighted by Gasteiger charge is -2.32. The molecule has 7 nitrogen and oxygen atoms in total. The molecule has 132 valence electrons. The van der Waals surface area contributed by atoms with Crippen molar-refractivity contribution in [3.8, 4) is 6.07 Å². The fourth-order valence-electron chi connectivity index (χ4n) is 3.72. The Labute approximate surface area is 151 Å². The van der Waals surface area contributed by atoms with Gasteiger partial charge in [-0.15, -0.1) is 0 Å². The lowest BCUT2D eigenvalue weighted by atomic mass is 9.78. The second-order valence-corrected chi connectivity index (χ2v) is 6.70. The summed E-state index contributed by atoms with van der Waals surface area (Å²) in [6, 6.07) is 2.24. The summed E-state index contributed by atoms with van der Waals surface area (Å²) in [5.41, 5.74) is 10.8. The van der Waals surface area contributed by atoms with Crippen LogP contribution in [0.15, 0.2) is 53.1 Å². The molecule has 0 radical (unpaired) electrons. The lowest BCUT2D eigenvalue weighted by molar-refractivity contribution is 0.277. The first-order valence-electron chi connectivity index (χ1n) is 8.55. The van der Waals surface area contributed by atoms with Gasteiger partial charge in [-0.3, -0.25) is 9.36 Å². The van der Waals surface area contributed by atoms with Gasteiger partial charge >= 0.3 is 0 Å². The third kappa shape index (κ3) is 2.69. The average molecular weight is 348 g/mol. The van der Waals surface area contributed by atoms with Crippen molar-refractivity contribution in [3.05, 3.63) is 64.3 Å². The largest absolute Gasteiger partial charge is 0.440 e. The van der Waals surface area contributed by atoms with Gasteiger partial charge in [0, 0.05) is 37.6 Å². The summed E-state index contributed by atoms with van der Waals surface area (Å²) in [5, 5.41) is 18.1. The second kappa shape index (κ2) is 6.23. The predicted molar refractivity (Wildman–Crippen MR) is 95.9 cm³/mol. The molecular formula is C19H20N6O. The molecule has 0 bridgehead atoms. The van der Waals surface area contributed by atoms with Gasteiger partial charge in [-0.25, -0.2) is 0 Å². The summed E-state index contributed by atoms with van der Waals surface area (Å²) in [4.78, 5) is 0. The Balaban J connectivity index is 1.83. The maximum Gasteiger partial charge on any atom is 0.205 e. The third-order valence-electron chi connectivity index (χ3n) is 4.83. The highest BCUT2D eigenvalue weighted by Crippen LogP contribution is 2.46. The molecular weight excluding hydrogens is 328 g/mol. The SMILES string of the molecule is Cn1cc(/C=C2/CCCC3=C2OC(N)=C(C#N)[C@H]3c2cnn(C)c2)cn1. The van der Waals surface area contributed by atoms with Crippen LogP contribution in [0.3, 0.4) is 0 Å². The molecule has 1 atom stereocenters. The van der Waals surface area contributed by atoms with Crippen LogP contribution in [0, 0.1) is 11.3 Å². The molecule has 26 heavy (non-hydrogen) atoms. The lowest BCUT2D eigenvalue weighted by Crippen LogP contribution is -2.23. The minimum Gasteiger partial charge on any atom is -0.440 e. The number of hydrogen-bond acceptors (Lipinski definition) is 5. The van der Waals surface area contributed by atoms with Crippen molar-refractivity contribution < 1.29 is 4.74 Å². The molecule has 2 aromatic rings. The first-order valence-corrected chi connectivity index (χ1v) is 8.55. The van der Waals surface area contributed by atoms with Crippen molar-refractivity contribution in [2.24, 2.45) is 19.8 Å². The van der Waals surface area contributed by atoms with Crippen LogP contribution in [0.1, 0.15) is 36.3 Å². The zero-order valence-corrected chi connectivity index (χ0v) is 14.8. The highest BCUT2D eigenvalue weighted by atomic mass is 16.5. The smallest absolute Gasteiger partial charge is 0.205 e. The Hall–Kier alpha value is -3.27. The predicted octanol–water partition coefficient (Wildman–Crippen LogP) is 2.48. The van der Waals surface area contributed by atoms with Crippen molar-refractivity contribution in [3.63, 3.8) is 0 Å². The standard InChI is InChI=1S/C19H20N6O/c1-24-10-12(8-22-24)6-13-4-3-5-15-17(14-9-23-25(2)11-14)16(7-20)19(21)26-18(13)15/h6,8-11,17H,3-5,21H2,1-2H3/b13-6-/t17-/m0/s1. The molecule has 3 heterocycles. The molecule has 0 unspecified atom stereocenters. The molecule has 0 fully saturated rings. The first kappa shape index (κ1) is 16.2. The number of hydrogen-bond donors (Lipinski definition) is 1. The van der Waals surface area contributed by atoms with E-state index >= 15 is 0 Å². The first-order chi connectivity index (χ1) is 12.6. The quantitative estimate of drug-likeness (QED) is 0.900. The van der Waals surface area contributed by atoms with Crippen LogP contribution in [0.4, 0.5) is 0 Å². The molecule has 2 aromatic heterocycles. The molecule has 4 rings (SSSR count). The fourth-order valence-corrected chi connectivity index (χ4v) is 3.72. The highest BCUT2D eigenvalue weighted by Gasteiger charge is 2.36. The summed E-state index contributed by atoms with van der Waals surface area (Å²) in [6.07, 6.45) is 12.4. The van der Waals surface area contributed by atoms with Crippen molar-refractivity contribution in [2.45, 2.75) is 25.2 Å². The van der Waals surface area contributed by atoms with Gasteiger partial charge in [-0.1, -0.05) is 0 Å². The number of aromatic nitrogens is 4. The fraction of sp³-hybridized carbons (Fsp3) is 0.316. The number of nitrogens with two attached hydrogens (primary N) is 1. The number of rotatable bonds is 2. The van der Waals surface area contributed by atoms with Gasteiger partial charge in [0.2, 0.25) is 5.88 Å². The molecule has 2 aliphatic rings. The van der Waals surface area contributed by atoms with Crippen LogP contribution in [0.2, 0.25) is 0 Å². The Kier molecular flexibility index (Phi) is 3.88. The van der Waals surface area contributed by atoms with Gasteiger partial charge in [0.15, 0.2) is 0 Å². The van der Waals surface area contributed by atoms with E-state index in [1.165, 1.54) is 0 Å². The normalized spacial score (nSPS) is 21.6. The molecule has 0 amide bonds. The Morgan fingerprint density at radius 1 is 1.23 bits per heavy atom. The second-order valence-electron chi connectivity index (χ2n) is 6.70. The van der Waals surface area contributed by atoms with E-state index in [1.54, 1.807) is 15.6 Å². The van der Waals surface area contributed by atoms with E-state index in [0.717, 1.165) is 47.3 Å². The summed E-state index contributed by atoms with van der Waals surface area (Å²) in [5.74, 6) is 0.777. The maximum absolute atomic E-state index is 9.65. The van der Waals surface area contributed by atoms with Gasteiger partial charge in [0.05, 0.1) is 18.3 Å². The van der Waals surface area contributed by atoms with Crippen molar-refractivity contribution in [1.82, 2.24) is 19.6 Å². The Morgan fingerprint density at radius 2 is 2.00 bits per heavy atom. The average Bonchev–Trinajstić information content (AvgIpc) is 3.22. The van der Waals surface area contributed by atoms with E-state index in [2.05, 4.69) is 22.3 Å². The number of aryl methyl sites for hydroxylation is 2. The molecule has 2 N–H and O–H groups in total. The van der Waals surface area contributed by atoms with Gasteiger partial charge in [0.25, 0.3) is 0 Å². The molecule has 0 spiro atoms. The van der Waals surface area contributed by atoms with Crippen LogP contribution in [0.5, 0.6) is 0 Å².